The van der Waals surface area contributed by atoms with Gasteiger partial charge in [0.05, 0.1) is 0 Å². The van der Waals surface area contributed by atoms with E-state index in [4.69, 9.17) is 0 Å². The van der Waals surface area contributed by atoms with Gasteiger partial charge in [-0.15, -0.1) is 0 Å². The van der Waals surface area contributed by atoms with Crippen molar-refractivity contribution in [2.45, 2.75) is 33.7 Å². The first-order valence-corrected chi connectivity index (χ1v) is 9.15. The van der Waals surface area contributed by atoms with Crippen LogP contribution in [0.1, 0.15) is 52.6 Å². The molecule has 0 spiro atoms. The summed E-state index contributed by atoms with van der Waals surface area (Å²) in [5.74, 6) is -0.194. The van der Waals surface area contributed by atoms with E-state index in [1.54, 1.807) is 10.7 Å². The molecule has 1 amide bonds. The summed E-state index contributed by atoms with van der Waals surface area (Å²) in [6.45, 7) is 8.15. The summed E-state index contributed by atoms with van der Waals surface area (Å²) in [7, 11) is 0. The number of anilines is 1. The van der Waals surface area contributed by atoms with Gasteiger partial charge >= 0.3 is 0 Å². The van der Waals surface area contributed by atoms with Gasteiger partial charge in [0, 0.05) is 17.9 Å². The first-order chi connectivity index (χ1) is 12.9. The maximum absolute atomic E-state index is 12.4. The van der Waals surface area contributed by atoms with E-state index in [-0.39, 0.29) is 11.9 Å². The Morgan fingerprint density at radius 2 is 1.81 bits per heavy atom. The van der Waals surface area contributed by atoms with Crippen LogP contribution in [-0.4, -0.2) is 15.7 Å². The van der Waals surface area contributed by atoms with Crippen LogP contribution in [0.4, 0.5) is 5.69 Å². The number of hydrogen-bond donors (Lipinski definition) is 1. The number of carbonyl (C=O) groups is 1. The van der Waals surface area contributed by atoms with E-state index >= 15 is 0 Å². The topological polar surface area (TPSA) is 46.9 Å². The van der Waals surface area contributed by atoms with Gasteiger partial charge in [-0.25, -0.2) is 0 Å². The SMILES string of the molecule is Cc1ccccc1/C=C/c1ccc(NC(=O)c2ccn(C(C)C)n2)c(C)c1. The van der Waals surface area contributed by atoms with Gasteiger partial charge in [0.1, 0.15) is 0 Å². The fraction of sp³-hybridized carbons (Fsp3) is 0.217. The van der Waals surface area contributed by atoms with Crippen LogP contribution in [-0.2, 0) is 0 Å². The number of rotatable bonds is 5. The van der Waals surface area contributed by atoms with E-state index in [0.29, 0.717) is 5.69 Å². The lowest BCUT2D eigenvalue weighted by molar-refractivity contribution is 0.102. The summed E-state index contributed by atoms with van der Waals surface area (Å²) in [6, 6.07) is 16.3. The summed E-state index contributed by atoms with van der Waals surface area (Å²) in [6.07, 6.45) is 6.03. The zero-order valence-electron chi connectivity index (χ0n) is 16.2. The highest BCUT2D eigenvalue weighted by Gasteiger charge is 2.12. The Balaban J connectivity index is 1.72. The summed E-state index contributed by atoms with van der Waals surface area (Å²) in [5.41, 5.74) is 5.78. The molecule has 3 aromatic rings. The molecule has 3 rings (SSSR count). The zero-order chi connectivity index (χ0) is 19.4. The predicted molar refractivity (Wildman–Crippen MR) is 112 cm³/mol. The Morgan fingerprint density at radius 3 is 2.48 bits per heavy atom. The van der Waals surface area contributed by atoms with Crippen molar-refractivity contribution in [3.63, 3.8) is 0 Å². The number of aromatic nitrogens is 2. The van der Waals surface area contributed by atoms with Gasteiger partial charge in [-0.05, 0) is 68.1 Å². The maximum atomic E-state index is 12.4. The molecule has 0 saturated heterocycles. The minimum absolute atomic E-state index is 0.194. The van der Waals surface area contributed by atoms with Crippen LogP contribution in [0.2, 0.25) is 0 Å². The van der Waals surface area contributed by atoms with E-state index in [9.17, 15) is 4.79 Å². The molecule has 27 heavy (non-hydrogen) atoms. The van der Waals surface area contributed by atoms with Crippen LogP contribution in [0, 0.1) is 13.8 Å². The highest BCUT2D eigenvalue weighted by molar-refractivity contribution is 6.03. The fourth-order valence-electron chi connectivity index (χ4n) is 2.82. The van der Waals surface area contributed by atoms with Crippen molar-refractivity contribution in [3.8, 4) is 0 Å². The highest BCUT2D eigenvalue weighted by atomic mass is 16.1. The van der Waals surface area contributed by atoms with Crippen LogP contribution < -0.4 is 5.32 Å². The van der Waals surface area contributed by atoms with Crippen molar-refractivity contribution in [1.29, 1.82) is 0 Å². The standard InChI is InChI=1S/C23H25N3O/c1-16(2)26-14-13-22(25-26)23(27)24-21-12-10-19(15-18(21)4)9-11-20-8-6-5-7-17(20)3/h5-16H,1-4H3,(H,24,27)/b11-9+. The molecular weight excluding hydrogens is 334 g/mol. The number of hydrogen-bond acceptors (Lipinski definition) is 2. The number of nitrogens with zero attached hydrogens (tertiary/aromatic N) is 2. The Labute approximate surface area is 160 Å². The van der Waals surface area contributed by atoms with Crippen LogP contribution in [0.25, 0.3) is 12.2 Å². The largest absolute Gasteiger partial charge is 0.320 e. The molecule has 4 nitrogen and oxygen atoms in total. The zero-order valence-corrected chi connectivity index (χ0v) is 16.2. The van der Waals surface area contributed by atoms with Crippen molar-refractivity contribution < 1.29 is 4.79 Å². The monoisotopic (exact) mass is 359 g/mol. The smallest absolute Gasteiger partial charge is 0.276 e. The maximum Gasteiger partial charge on any atom is 0.276 e. The number of benzene rings is 2. The molecule has 0 atom stereocenters. The number of aryl methyl sites for hydroxylation is 2. The molecule has 0 unspecified atom stereocenters. The van der Waals surface area contributed by atoms with Gasteiger partial charge < -0.3 is 5.32 Å². The van der Waals surface area contributed by atoms with E-state index in [1.165, 1.54) is 11.1 Å². The molecule has 1 heterocycles. The lowest BCUT2D eigenvalue weighted by Crippen LogP contribution is -2.14. The molecule has 0 aliphatic carbocycles. The molecule has 4 heteroatoms. The second-order valence-electron chi connectivity index (χ2n) is 6.99. The summed E-state index contributed by atoms with van der Waals surface area (Å²) in [5, 5.41) is 7.27. The third-order valence-electron chi connectivity index (χ3n) is 4.51. The average Bonchev–Trinajstić information content (AvgIpc) is 3.14. The molecule has 1 aromatic heterocycles. The number of nitrogens with one attached hydrogen (secondary N) is 1. The normalized spacial score (nSPS) is 11.3. The molecule has 0 saturated carbocycles. The second kappa shape index (κ2) is 8.04. The van der Waals surface area contributed by atoms with Crippen molar-refractivity contribution in [3.05, 3.63) is 82.7 Å². The van der Waals surface area contributed by atoms with Gasteiger partial charge in [-0.2, -0.15) is 5.10 Å². The molecule has 0 aliphatic rings. The molecule has 0 aliphatic heterocycles. The first-order valence-electron chi connectivity index (χ1n) is 9.15. The van der Waals surface area contributed by atoms with Gasteiger partial charge in [0.2, 0.25) is 0 Å². The predicted octanol–water partition coefficient (Wildman–Crippen LogP) is 5.50. The molecule has 2 aromatic carbocycles. The minimum Gasteiger partial charge on any atom is -0.320 e. The van der Waals surface area contributed by atoms with Gasteiger partial charge in [-0.1, -0.05) is 42.5 Å². The van der Waals surface area contributed by atoms with Gasteiger partial charge in [-0.3, -0.25) is 9.48 Å². The third-order valence-corrected chi connectivity index (χ3v) is 4.51. The van der Waals surface area contributed by atoms with Crippen LogP contribution in [0.15, 0.2) is 54.7 Å². The fourth-order valence-corrected chi connectivity index (χ4v) is 2.82. The first kappa shape index (κ1) is 18.6. The summed E-state index contributed by atoms with van der Waals surface area (Å²) in [4.78, 5) is 12.4. The van der Waals surface area contributed by atoms with Gasteiger partial charge in [0.25, 0.3) is 5.91 Å². The summed E-state index contributed by atoms with van der Waals surface area (Å²) < 4.78 is 1.78. The number of carbonyl (C=O) groups excluding carboxylic acids is 1. The Kier molecular flexibility index (Phi) is 5.55. The van der Waals surface area contributed by atoms with Crippen molar-refractivity contribution >= 4 is 23.7 Å². The van der Waals surface area contributed by atoms with Gasteiger partial charge in [0.15, 0.2) is 5.69 Å². The third kappa shape index (κ3) is 4.53. The molecule has 138 valence electrons. The molecule has 0 fully saturated rings. The average molecular weight is 359 g/mol. The Hall–Kier alpha value is -3.14. The van der Waals surface area contributed by atoms with Crippen LogP contribution >= 0.6 is 0 Å². The quantitative estimate of drug-likeness (QED) is 0.611. The van der Waals surface area contributed by atoms with E-state index < -0.39 is 0 Å². The minimum atomic E-state index is -0.194. The second-order valence-corrected chi connectivity index (χ2v) is 6.99. The Morgan fingerprint density at radius 1 is 1.04 bits per heavy atom. The lowest BCUT2D eigenvalue weighted by Gasteiger charge is -2.08. The van der Waals surface area contributed by atoms with Crippen molar-refractivity contribution in [1.82, 2.24) is 9.78 Å². The Bertz CT molecular complexity index is 983. The van der Waals surface area contributed by atoms with Crippen LogP contribution in [0.3, 0.4) is 0 Å². The molecule has 1 N–H and O–H groups in total. The molecule has 0 bridgehead atoms. The van der Waals surface area contributed by atoms with E-state index in [1.807, 2.05) is 51.2 Å². The lowest BCUT2D eigenvalue weighted by atomic mass is 10.1. The molecular formula is C23H25N3O. The molecule has 0 radical (unpaired) electrons. The van der Waals surface area contributed by atoms with E-state index in [2.05, 4.69) is 47.7 Å². The van der Waals surface area contributed by atoms with Crippen molar-refractivity contribution in [2.75, 3.05) is 5.32 Å². The van der Waals surface area contributed by atoms with Crippen molar-refractivity contribution in [2.24, 2.45) is 0 Å². The number of amides is 1. The summed E-state index contributed by atoms with van der Waals surface area (Å²) >= 11 is 0. The highest BCUT2D eigenvalue weighted by Crippen LogP contribution is 2.20. The van der Waals surface area contributed by atoms with E-state index in [0.717, 1.165) is 16.8 Å². The van der Waals surface area contributed by atoms with Crippen LogP contribution in [0.5, 0.6) is 0 Å².